The molecule has 3 heteroatoms. The van der Waals surface area contributed by atoms with E-state index in [1.54, 1.807) is 0 Å². The molecule has 0 heterocycles. The number of benzene rings is 2. The van der Waals surface area contributed by atoms with Crippen molar-refractivity contribution < 1.29 is 13.9 Å². The van der Waals surface area contributed by atoms with E-state index in [2.05, 4.69) is 13.8 Å². The Bertz CT molecular complexity index is 571. The van der Waals surface area contributed by atoms with E-state index >= 15 is 0 Å². The molecule has 0 N–H and O–H groups in total. The molecule has 0 atom stereocenters. The number of Topliss-reactive ketones (excluding diaryl/α,β-unsaturated/α-hetero) is 1. The summed E-state index contributed by atoms with van der Waals surface area (Å²) >= 11 is 0. The van der Waals surface area contributed by atoms with Crippen LogP contribution in [-0.2, 0) is 0 Å². The first-order chi connectivity index (χ1) is 9.56. The Kier molecular flexibility index (Phi) is 4.51. The van der Waals surface area contributed by atoms with Gasteiger partial charge in [0, 0.05) is 5.56 Å². The third-order valence-corrected chi connectivity index (χ3v) is 3.08. The van der Waals surface area contributed by atoms with Gasteiger partial charge in [0.2, 0.25) is 0 Å². The monoisotopic (exact) mass is 272 g/mol. The van der Waals surface area contributed by atoms with E-state index in [0.717, 1.165) is 0 Å². The van der Waals surface area contributed by atoms with Crippen LogP contribution in [0.25, 0.3) is 0 Å². The highest BCUT2D eigenvalue weighted by atomic mass is 19.1. The van der Waals surface area contributed by atoms with Gasteiger partial charge >= 0.3 is 0 Å². The zero-order valence-electron chi connectivity index (χ0n) is 11.6. The van der Waals surface area contributed by atoms with Crippen LogP contribution in [0.5, 0.6) is 5.75 Å². The Hall–Kier alpha value is -2.16. The van der Waals surface area contributed by atoms with E-state index in [-0.39, 0.29) is 18.2 Å². The first kappa shape index (κ1) is 14.3. The number of carbonyl (C=O) groups excluding carboxylic acids is 1. The second-order valence-electron chi connectivity index (χ2n) is 4.94. The molecule has 0 fully saturated rings. The molecule has 0 radical (unpaired) electrons. The van der Waals surface area contributed by atoms with Gasteiger partial charge in [-0.05, 0) is 35.7 Å². The van der Waals surface area contributed by atoms with Crippen LogP contribution < -0.4 is 4.74 Å². The topological polar surface area (TPSA) is 26.3 Å². The first-order valence-corrected chi connectivity index (χ1v) is 6.58. The molecule has 0 aliphatic rings. The van der Waals surface area contributed by atoms with Gasteiger partial charge < -0.3 is 4.74 Å². The van der Waals surface area contributed by atoms with E-state index in [1.807, 2.05) is 24.3 Å². The van der Waals surface area contributed by atoms with Crippen LogP contribution in [0.1, 0.15) is 35.7 Å². The van der Waals surface area contributed by atoms with Crippen LogP contribution in [0, 0.1) is 5.82 Å². The summed E-state index contributed by atoms with van der Waals surface area (Å²) in [7, 11) is 0. The molecule has 2 aromatic carbocycles. The van der Waals surface area contributed by atoms with Crippen LogP contribution in [-0.4, -0.2) is 12.4 Å². The van der Waals surface area contributed by atoms with Crippen LogP contribution in [0.2, 0.25) is 0 Å². The summed E-state index contributed by atoms with van der Waals surface area (Å²) in [5.74, 6) is 0.505. The third-order valence-electron chi connectivity index (χ3n) is 3.08. The van der Waals surface area contributed by atoms with Crippen molar-refractivity contribution in [3.05, 3.63) is 65.5 Å². The summed E-state index contributed by atoms with van der Waals surface area (Å²) in [5.41, 5.74) is 1.82. The lowest BCUT2D eigenvalue weighted by molar-refractivity contribution is 0.0921. The van der Waals surface area contributed by atoms with E-state index in [0.29, 0.717) is 17.2 Å². The summed E-state index contributed by atoms with van der Waals surface area (Å²) < 4.78 is 18.1. The minimum Gasteiger partial charge on any atom is -0.485 e. The second kappa shape index (κ2) is 6.33. The van der Waals surface area contributed by atoms with Crippen molar-refractivity contribution in [2.45, 2.75) is 19.8 Å². The van der Waals surface area contributed by atoms with Crippen molar-refractivity contribution >= 4 is 5.78 Å². The van der Waals surface area contributed by atoms with Crippen LogP contribution in [0.4, 0.5) is 4.39 Å². The Morgan fingerprint density at radius 3 is 2.20 bits per heavy atom. The zero-order chi connectivity index (χ0) is 14.5. The van der Waals surface area contributed by atoms with Crippen LogP contribution >= 0.6 is 0 Å². The quantitative estimate of drug-likeness (QED) is 0.762. The van der Waals surface area contributed by atoms with E-state index in [9.17, 15) is 9.18 Å². The maximum absolute atomic E-state index is 12.7. The van der Waals surface area contributed by atoms with Gasteiger partial charge in [-0.15, -0.1) is 0 Å². The molecule has 2 nitrogen and oxygen atoms in total. The van der Waals surface area contributed by atoms with Crippen LogP contribution in [0.3, 0.4) is 0 Å². The Morgan fingerprint density at radius 2 is 1.65 bits per heavy atom. The molecular weight excluding hydrogens is 255 g/mol. The highest BCUT2D eigenvalue weighted by Gasteiger charge is 2.08. The van der Waals surface area contributed by atoms with Gasteiger partial charge in [-0.25, -0.2) is 4.39 Å². The molecule has 2 rings (SSSR count). The normalized spacial score (nSPS) is 10.6. The first-order valence-electron chi connectivity index (χ1n) is 6.58. The second-order valence-corrected chi connectivity index (χ2v) is 4.94. The minimum atomic E-state index is -0.326. The summed E-state index contributed by atoms with van der Waals surface area (Å²) in [5, 5.41) is 0. The number of rotatable bonds is 5. The Morgan fingerprint density at radius 1 is 1.05 bits per heavy atom. The zero-order valence-corrected chi connectivity index (χ0v) is 11.6. The molecule has 104 valence electrons. The maximum atomic E-state index is 12.7. The largest absolute Gasteiger partial charge is 0.485 e. The summed E-state index contributed by atoms with van der Waals surface area (Å²) in [6.45, 7) is 4.16. The highest BCUT2D eigenvalue weighted by Crippen LogP contribution is 2.16. The molecule has 2 aromatic rings. The molecule has 0 aliphatic carbocycles. The fourth-order valence-electron chi connectivity index (χ4n) is 1.82. The molecule has 0 saturated heterocycles. The lowest BCUT2D eigenvalue weighted by atomic mass is 10.0. The summed E-state index contributed by atoms with van der Waals surface area (Å²) in [6, 6.07) is 13.1. The van der Waals surface area contributed by atoms with Crippen molar-refractivity contribution in [3.8, 4) is 5.75 Å². The number of halogens is 1. The van der Waals surface area contributed by atoms with Gasteiger partial charge in [-0.2, -0.15) is 0 Å². The minimum absolute atomic E-state index is 0.0490. The Labute approximate surface area is 118 Å². The molecule has 20 heavy (non-hydrogen) atoms. The fraction of sp³-hybridized carbons (Fsp3) is 0.235. The van der Waals surface area contributed by atoms with Crippen molar-refractivity contribution in [2.75, 3.05) is 6.61 Å². The standard InChI is InChI=1S/C17H17FO2/c1-12(2)13-3-5-14(6-4-13)17(19)11-20-16-9-7-15(18)8-10-16/h3-10,12H,11H2,1-2H3. The summed E-state index contributed by atoms with van der Waals surface area (Å²) in [6.07, 6.45) is 0. The van der Waals surface area contributed by atoms with Gasteiger partial charge in [0.25, 0.3) is 0 Å². The predicted octanol–water partition coefficient (Wildman–Crippen LogP) is 4.21. The van der Waals surface area contributed by atoms with Crippen molar-refractivity contribution in [1.82, 2.24) is 0 Å². The van der Waals surface area contributed by atoms with E-state index in [1.165, 1.54) is 29.8 Å². The number of carbonyl (C=O) groups is 1. The number of ether oxygens (including phenoxy) is 1. The SMILES string of the molecule is CC(C)c1ccc(C(=O)COc2ccc(F)cc2)cc1. The van der Waals surface area contributed by atoms with Gasteiger partial charge in [0.05, 0.1) is 0 Å². The van der Waals surface area contributed by atoms with Crippen molar-refractivity contribution in [1.29, 1.82) is 0 Å². The third kappa shape index (κ3) is 3.67. The average Bonchev–Trinajstić information content (AvgIpc) is 2.46. The molecule has 0 saturated carbocycles. The van der Waals surface area contributed by atoms with Crippen molar-refractivity contribution in [2.24, 2.45) is 0 Å². The molecule has 0 bridgehead atoms. The number of hydrogen-bond donors (Lipinski definition) is 0. The van der Waals surface area contributed by atoms with Gasteiger partial charge in [0.15, 0.2) is 12.4 Å². The van der Waals surface area contributed by atoms with Gasteiger partial charge in [0.1, 0.15) is 11.6 Å². The van der Waals surface area contributed by atoms with Crippen molar-refractivity contribution in [3.63, 3.8) is 0 Å². The van der Waals surface area contributed by atoms with Gasteiger partial charge in [-0.1, -0.05) is 38.1 Å². The fourth-order valence-corrected chi connectivity index (χ4v) is 1.82. The Balaban J connectivity index is 1.96. The lowest BCUT2D eigenvalue weighted by Gasteiger charge is -2.08. The molecule has 0 unspecified atom stereocenters. The molecule has 0 spiro atoms. The molecular formula is C17H17FO2. The van der Waals surface area contributed by atoms with Crippen LogP contribution in [0.15, 0.2) is 48.5 Å². The van der Waals surface area contributed by atoms with Gasteiger partial charge in [-0.3, -0.25) is 4.79 Å². The van der Waals surface area contributed by atoms with E-state index in [4.69, 9.17) is 4.74 Å². The highest BCUT2D eigenvalue weighted by molar-refractivity contribution is 5.97. The summed E-state index contributed by atoms with van der Waals surface area (Å²) in [4.78, 5) is 12.0. The molecule has 0 amide bonds. The molecule has 0 aliphatic heterocycles. The molecule has 0 aromatic heterocycles. The van der Waals surface area contributed by atoms with E-state index < -0.39 is 0 Å². The average molecular weight is 272 g/mol. The smallest absolute Gasteiger partial charge is 0.200 e. The predicted molar refractivity (Wildman–Crippen MR) is 76.8 cm³/mol. The maximum Gasteiger partial charge on any atom is 0.200 e. The number of ketones is 1. The number of hydrogen-bond acceptors (Lipinski definition) is 2. The lowest BCUT2D eigenvalue weighted by Crippen LogP contribution is -2.11.